The molecule has 29 heavy (non-hydrogen) atoms. The second kappa shape index (κ2) is 8.70. The zero-order valence-electron chi connectivity index (χ0n) is 17.3. The average Bonchev–Trinajstić information content (AvgIpc) is 3.12. The highest BCUT2D eigenvalue weighted by molar-refractivity contribution is 6.01. The fraction of sp³-hybridized carbons (Fsp3) is 0.375. The molecular formula is C24H29N3O2. The van der Waals surface area contributed by atoms with E-state index in [0.717, 1.165) is 55.6 Å². The Morgan fingerprint density at radius 1 is 1.14 bits per heavy atom. The van der Waals surface area contributed by atoms with Crippen LogP contribution in [0.1, 0.15) is 34.1 Å². The van der Waals surface area contributed by atoms with Crippen molar-refractivity contribution in [3.63, 3.8) is 0 Å². The zero-order chi connectivity index (χ0) is 20.2. The molecule has 3 aromatic rings. The van der Waals surface area contributed by atoms with E-state index in [-0.39, 0.29) is 5.91 Å². The van der Waals surface area contributed by atoms with Gasteiger partial charge in [0.25, 0.3) is 5.91 Å². The van der Waals surface area contributed by atoms with Crippen LogP contribution in [0.25, 0.3) is 10.9 Å². The van der Waals surface area contributed by atoms with Crippen LogP contribution in [0.15, 0.2) is 42.5 Å². The maximum absolute atomic E-state index is 12.8. The van der Waals surface area contributed by atoms with E-state index in [0.29, 0.717) is 12.2 Å². The number of amides is 1. The quantitative estimate of drug-likeness (QED) is 0.671. The molecule has 1 amide bonds. The molecule has 4 rings (SSSR count). The van der Waals surface area contributed by atoms with Gasteiger partial charge in [0.2, 0.25) is 0 Å². The van der Waals surface area contributed by atoms with Crippen LogP contribution in [0.5, 0.6) is 0 Å². The van der Waals surface area contributed by atoms with Gasteiger partial charge in [0.1, 0.15) is 5.69 Å². The number of anilines is 1. The van der Waals surface area contributed by atoms with Gasteiger partial charge in [-0.05, 0) is 55.2 Å². The molecule has 1 aliphatic rings. The highest BCUT2D eigenvalue weighted by Gasteiger charge is 2.16. The van der Waals surface area contributed by atoms with Crippen molar-refractivity contribution < 1.29 is 9.53 Å². The fourth-order valence-corrected chi connectivity index (χ4v) is 4.03. The summed E-state index contributed by atoms with van der Waals surface area (Å²) in [6.07, 6.45) is 1.64. The van der Waals surface area contributed by atoms with Crippen LogP contribution in [0.4, 0.5) is 5.69 Å². The zero-order valence-corrected chi connectivity index (χ0v) is 17.3. The molecule has 2 heterocycles. The first-order valence-corrected chi connectivity index (χ1v) is 10.5. The van der Waals surface area contributed by atoms with Crippen molar-refractivity contribution in [1.29, 1.82) is 0 Å². The van der Waals surface area contributed by atoms with Crippen molar-refractivity contribution in [3.8, 4) is 0 Å². The molecule has 2 aromatic carbocycles. The Hall–Kier alpha value is -2.79. The van der Waals surface area contributed by atoms with Gasteiger partial charge in [-0.15, -0.1) is 0 Å². The van der Waals surface area contributed by atoms with E-state index in [2.05, 4.69) is 71.5 Å². The van der Waals surface area contributed by atoms with Crippen molar-refractivity contribution in [2.24, 2.45) is 0 Å². The standard InChI is InChI=1S/C24H29N3O2/c1-3-20-21-16-17(2)4-9-22(21)26-23(20)24(28)25-11-10-18-5-7-19(8-6-18)27-12-14-29-15-13-27/h4-9,16,26H,3,10-15H2,1-2H3,(H,25,28). The summed E-state index contributed by atoms with van der Waals surface area (Å²) < 4.78 is 5.41. The molecular weight excluding hydrogens is 362 g/mol. The molecule has 0 aliphatic carbocycles. The molecule has 1 aromatic heterocycles. The number of fused-ring (bicyclic) bond motifs is 1. The van der Waals surface area contributed by atoms with Crippen molar-refractivity contribution >= 4 is 22.5 Å². The molecule has 1 aliphatic heterocycles. The van der Waals surface area contributed by atoms with Crippen LogP contribution >= 0.6 is 0 Å². The maximum Gasteiger partial charge on any atom is 0.268 e. The lowest BCUT2D eigenvalue weighted by atomic mass is 10.1. The SMILES string of the molecule is CCc1c(C(=O)NCCc2ccc(N3CCOCC3)cc2)[nH]c2ccc(C)cc12. The number of nitrogens with zero attached hydrogens (tertiary/aromatic N) is 1. The van der Waals surface area contributed by atoms with Gasteiger partial charge < -0.3 is 19.9 Å². The number of morpholine rings is 1. The van der Waals surface area contributed by atoms with E-state index >= 15 is 0 Å². The van der Waals surface area contributed by atoms with Gasteiger partial charge in [0.05, 0.1) is 13.2 Å². The average molecular weight is 392 g/mol. The smallest absolute Gasteiger partial charge is 0.268 e. The number of aromatic nitrogens is 1. The highest BCUT2D eigenvalue weighted by Crippen LogP contribution is 2.24. The number of carbonyl (C=O) groups excluding carboxylic acids is 1. The molecule has 0 spiro atoms. The van der Waals surface area contributed by atoms with Crippen LogP contribution in [0.2, 0.25) is 0 Å². The van der Waals surface area contributed by atoms with Crippen molar-refractivity contribution in [2.75, 3.05) is 37.7 Å². The summed E-state index contributed by atoms with van der Waals surface area (Å²) in [4.78, 5) is 18.4. The van der Waals surface area contributed by atoms with E-state index in [1.165, 1.54) is 16.8 Å². The minimum Gasteiger partial charge on any atom is -0.378 e. The number of H-pyrrole nitrogens is 1. The van der Waals surface area contributed by atoms with Crippen molar-refractivity contribution in [3.05, 3.63) is 64.8 Å². The summed E-state index contributed by atoms with van der Waals surface area (Å²) in [7, 11) is 0. The summed E-state index contributed by atoms with van der Waals surface area (Å²) in [5.74, 6) is -0.0272. The van der Waals surface area contributed by atoms with Crippen LogP contribution < -0.4 is 10.2 Å². The topological polar surface area (TPSA) is 57.4 Å². The molecule has 0 unspecified atom stereocenters. The van der Waals surface area contributed by atoms with E-state index in [1.807, 2.05) is 0 Å². The molecule has 152 valence electrons. The molecule has 5 nitrogen and oxygen atoms in total. The Morgan fingerprint density at radius 3 is 2.62 bits per heavy atom. The number of hydrogen-bond acceptors (Lipinski definition) is 3. The Bertz CT molecular complexity index is 985. The Kier molecular flexibility index (Phi) is 5.86. The van der Waals surface area contributed by atoms with Crippen LogP contribution in [0.3, 0.4) is 0 Å². The summed E-state index contributed by atoms with van der Waals surface area (Å²) in [6, 6.07) is 14.9. The number of aryl methyl sites for hydroxylation is 2. The Balaban J connectivity index is 1.37. The van der Waals surface area contributed by atoms with Crippen LogP contribution in [-0.2, 0) is 17.6 Å². The molecule has 0 radical (unpaired) electrons. The number of benzene rings is 2. The van der Waals surface area contributed by atoms with Crippen LogP contribution in [-0.4, -0.2) is 43.7 Å². The summed E-state index contributed by atoms with van der Waals surface area (Å²) >= 11 is 0. The van der Waals surface area contributed by atoms with Crippen molar-refractivity contribution in [1.82, 2.24) is 10.3 Å². The first-order chi connectivity index (χ1) is 14.2. The lowest BCUT2D eigenvalue weighted by Crippen LogP contribution is -2.36. The van der Waals surface area contributed by atoms with Gasteiger partial charge in [0, 0.05) is 36.2 Å². The number of rotatable bonds is 6. The van der Waals surface area contributed by atoms with Crippen molar-refractivity contribution in [2.45, 2.75) is 26.7 Å². The molecule has 0 bridgehead atoms. The van der Waals surface area contributed by atoms with Gasteiger partial charge in [-0.25, -0.2) is 0 Å². The number of aromatic amines is 1. The lowest BCUT2D eigenvalue weighted by Gasteiger charge is -2.28. The largest absolute Gasteiger partial charge is 0.378 e. The lowest BCUT2D eigenvalue weighted by molar-refractivity contribution is 0.0949. The van der Waals surface area contributed by atoms with Gasteiger partial charge in [0.15, 0.2) is 0 Å². The normalized spacial score (nSPS) is 14.3. The minimum atomic E-state index is -0.0272. The highest BCUT2D eigenvalue weighted by atomic mass is 16.5. The van der Waals surface area contributed by atoms with E-state index < -0.39 is 0 Å². The number of nitrogens with one attached hydrogen (secondary N) is 2. The fourth-order valence-electron chi connectivity index (χ4n) is 4.03. The predicted octanol–water partition coefficient (Wildman–Crippen LogP) is 3.85. The monoisotopic (exact) mass is 391 g/mol. The third-order valence-electron chi connectivity index (χ3n) is 5.65. The summed E-state index contributed by atoms with van der Waals surface area (Å²) in [6.45, 7) is 8.26. The van der Waals surface area contributed by atoms with Gasteiger partial charge in [-0.3, -0.25) is 4.79 Å². The number of carbonyl (C=O) groups is 1. The third kappa shape index (κ3) is 4.30. The van der Waals surface area contributed by atoms with Gasteiger partial charge >= 0.3 is 0 Å². The second-order valence-electron chi connectivity index (χ2n) is 7.65. The Morgan fingerprint density at radius 2 is 1.90 bits per heavy atom. The molecule has 5 heteroatoms. The van der Waals surface area contributed by atoms with E-state index in [4.69, 9.17) is 4.74 Å². The number of ether oxygens (including phenoxy) is 1. The van der Waals surface area contributed by atoms with E-state index in [1.54, 1.807) is 0 Å². The maximum atomic E-state index is 12.8. The second-order valence-corrected chi connectivity index (χ2v) is 7.65. The molecule has 0 atom stereocenters. The third-order valence-corrected chi connectivity index (χ3v) is 5.65. The Labute approximate surface area is 172 Å². The predicted molar refractivity (Wildman–Crippen MR) is 118 cm³/mol. The van der Waals surface area contributed by atoms with Gasteiger partial charge in [-0.1, -0.05) is 30.7 Å². The molecule has 2 N–H and O–H groups in total. The first kappa shape index (κ1) is 19.5. The summed E-state index contributed by atoms with van der Waals surface area (Å²) in [5.41, 5.74) is 6.48. The van der Waals surface area contributed by atoms with Crippen LogP contribution in [0, 0.1) is 6.92 Å². The van der Waals surface area contributed by atoms with E-state index in [9.17, 15) is 4.79 Å². The summed E-state index contributed by atoms with van der Waals surface area (Å²) in [5, 5.41) is 4.23. The van der Waals surface area contributed by atoms with Gasteiger partial charge in [-0.2, -0.15) is 0 Å². The first-order valence-electron chi connectivity index (χ1n) is 10.5. The molecule has 1 saturated heterocycles. The minimum absolute atomic E-state index is 0.0272. The molecule has 1 fully saturated rings. The molecule has 0 saturated carbocycles. The number of hydrogen-bond donors (Lipinski definition) is 2.